The van der Waals surface area contributed by atoms with Crippen LogP contribution in [0.2, 0.25) is 0 Å². The molecule has 2 aliphatic rings. The molecule has 2 aromatic rings. The number of amides is 3. The summed E-state index contributed by atoms with van der Waals surface area (Å²) in [5.74, 6) is 1.19. The van der Waals surface area contributed by atoms with Gasteiger partial charge in [-0.2, -0.15) is 0 Å². The number of benzene rings is 2. The highest BCUT2D eigenvalue weighted by molar-refractivity contribution is 5.98. The van der Waals surface area contributed by atoms with Crippen LogP contribution in [0.25, 0.3) is 0 Å². The lowest BCUT2D eigenvalue weighted by molar-refractivity contribution is -0.132. The van der Waals surface area contributed by atoms with Crippen LogP contribution >= 0.6 is 0 Å². The van der Waals surface area contributed by atoms with Gasteiger partial charge in [-0.1, -0.05) is 45.0 Å². The number of para-hydroxylation sites is 1. The van der Waals surface area contributed by atoms with E-state index in [0.29, 0.717) is 56.4 Å². The van der Waals surface area contributed by atoms with E-state index in [1.807, 2.05) is 41.3 Å². The van der Waals surface area contributed by atoms with Crippen molar-refractivity contribution in [2.45, 2.75) is 72.5 Å². The van der Waals surface area contributed by atoms with Gasteiger partial charge in [0, 0.05) is 37.8 Å². The van der Waals surface area contributed by atoms with Gasteiger partial charge in [-0.3, -0.25) is 14.9 Å². The van der Waals surface area contributed by atoms with Crippen molar-refractivity contribution in [2.24, 2.45) is 10.9 Å². The van der Waals surface area contributed by atoms with E-state index in [1.54, 1.807) is 11.8 Å². The topological polar surface area (TPSA) is 125 Å². The van der Waals surface area contributed by atoms with Gasteiger partial charge in [-0.15, -0.1) is 0 Å². The highest BCUT2D eigenvalue weighted by Gasteiger charge is 2.26. The van der Waals surface area contributed by atoms with Gasteiger partial charge >= 0.3 is 6.09 Å². The molecule has 11 nitrogen and oxygen atoms in total. The molecule has 0 aromatic heterocycles. The number of carbonyl (C=O) groups is 3. The van der Waals surface area contributed by atoms with Crippen LogP contribution in [-0.4, -0.2) is 72.7 Å². The summed E-state index contributed by atoms with van der Waals surface area (Å²) in [6, 6.07) is 13.8. The summed E-state index contributed by atoms with van der Waals surface area (Å²) in [6.07, 6.45) is 2.86. The fourth-order valence-electron chi connectivity index (χ4n) is 5.36. The second kappa shape index (κ2) is 16.0. The first-order chi connectivity index (χ1) is 21.2. The van der Waals surface area contributed by atoms with Crippen molar-refractivity contribution in [1.82, 2.24) is 20.4 Å². The van der Waals surface area contributed by atoms with Crippen LogP contribution in [0.1, 0.15) is 64.5 Å². The van der Waals surface area contributed by atoms with Crippen molar-refractivity contribution in [2.75, 3.05) is 38.2 Å². The van der Waals surface area contributed by atoms with Crippen LogP contribution in [-0.2, 0) is 27.3 Å². The predicted molar refractivity (Wildman–Crippen MR) is 171 cm³/mol. The average molecular weight is 607 g/mol. The Labute approximate surface area is 260 Å². The average Bonchev–Trinajstić information content (AvgIpc) is 2.99. The number of aryl methyl sites for hydroxylation is 1. The van der Waals surface area contributed by atoms with Crippen molar-refractivity contribution >= 4 is 35.2 Å². The lowest BCUT2D eigenvalue weighted by Gasteiger charge is -2.32. The summed E-state index contributed by atoms with van der Waals surface area (Å²) >= 11 is 0. The van der Waals surface area contributed by atoms with E-state index in [-0.39, 0.29) is 37.1 Å². The van der Waals surface area contributed by atoms with E-state index in [0.717, 1.165) is 30.5 Å². The normalized spacial score (nSPS) is 15.3. The number of ether oxygens (including phenoxy) is 2. The molecule has 2 heterocycles. The van der Waals surface area contributed by atoms with E-state index in [4.69, 9.17) is 9.47 Å². The van der Waals surface area contributed by atoms with Crippen molar-refractivity contribution in [3.05, 3.63) is 53.6 Å². The number of rotatable bonds is 13. The molecule has 1 atom stereocenters. The fraction of sp³-hybridized carbons (Fsp3) is 0.515. The number of fused-ring (bicyclic) bond motifs is 2. The van der Waals surface area contributed by atoms with Gasteiger partial charge in [0.1, 0.15) is 12.3 Å². The Bertz CT molecular complexity index is 1330. The van der Waals surface area contributed by atoms with Gasteiger partial charge < -0.3 is 29.9 Å². The van der Waals surface area contributed by atoms with Gasteiger partial charge in [0.15, 0.2) is 0 Å². The maximum atomic E-state index is 13.2. The number of carbonyl (C=O) groups excluding carboxylic acids is 3. The number of alkyl carbamates (subject to hydrolysis) is 1. The zero-order chi connectivity index (χ0) is 31.5. The van der Waals surface area contributed by atoms with Crippen LogP contribution < -0.4 is 20.7 Å². The first kappa shape index (κ1) is 32.6. The first-order valence-corrected chi connectivity index (χ1v) is 15.7. The van der Waals surface area contributed by atoms with Crippen molar-refractivity contribution in [3.8, 4) is 5.75 Å². The number of hydrogen-bond donors (Lipinski definition) is 3. The SMILES string of the molecule is CCCN(CC(C)C)C(=O)CN1Cc2ccc(OCCCC(=O)NC3CCc4ccccc4N3)cc2N=C1NC(=O)OCC. The van der Waals surface area contributed by atoms with Gasteiger partial charge in [-0.25, -0.2) is 9.79 Å². The lowest BCUT2D eigenvalue weighted by Crippen LogP contribution is -2.50. The summed E-state index contributed by atoms with van der Waals surface area (Å²) in [4.78, 5) is 46.4. The molecule has 0 saturated carbocycles. The molecule has 4 rings (SSSR count). The summed E-state index contributed by atoms with van der Waals surface area (Å²) in [7, 11) is 0. The second-order valence-electron chi connectivity index (χ2n) is 11.6. The summed E-state index contributed by atoms with van der Waals surface area (Å²) < 4.78 is 11.0. The third kappa shape index (κ3) is 9.36. The molecule has 0 spiro atoms. The Balaban J connectivity index is 1.33. The van der Waals surface area contributed by atoms with Crippen LogP contribution in [0, 0.1) is 5.92 Å². The number of nitrogens with one attached hydrogen (secondary N) is 3. The Morgan fingerprint density at radius 1 is 1.14 bits per heavy atom. The monoisotopic (exact) mass is 606 g/mol. The van der Waals surface area contributed by atoms with E-state index in [9.17, 15) is 14.4 Å². The van der Waals surface area contributed by atoms with Gasteiger partial charge in [-0.05, 0) is 61.8 Å². The minimum Gasteiger partial charge on any atom is -0.494 e. The van der Waals surface area contributed by atoms with Crippen molar-refractivity contribution in [1.29, 1.82) is 0 Å². The molecule has 3 amide bonds. The number of anilines is 1. The molecule has 2 aromatic carbocycles. The molecular weight excluding hydrogens is 560 g/mol. The van der Waals surface area contributed by atoms with Crippen LogP contribution in [0.4, 0.5) is 16.2 Å². The van der Waals surface area contributed by atoms with Crippen LogP contribution in [0.3, 0.4) is 0 Å². The largest absolute Gasteiger partial charge is 0.494 e. The molecule has 11 heteroatoms. The molecule has 3 N–H and O–H groups in total. The molecule has 0 aliphatic carbocycles. The van der Waals surface area contributed by atoms with Gasteiger partial charge in [0.25, 0.3) is 0 Å². The third-order valence-corrected chi connectivity index (χ3v) is 7.39. The first-order valence-electron chi connectivity index (χ1n) is 15.7. The van der Waals surface area contributed by atoms with Crippen molar-refractivity contribution in [3.63, 3.8) is 0 Å². The van der Waals surface area contributed by atoms with Crippen LogP contribution in [0.15, 0.2) is 47.5 Å². The smallest absolute Gasteiger partial charge is 0.413 e. The van der Waals surface area contributed by atoms with E-state index >= 15 is 0 Å². The third-order valence-electron chi connectivity index (χ3n) is 7.39. The molecule has 0 radical (unpaired) electrons. The Hall–Kier alpha value is -4.28. The van der Waals surface area contributed by atoms with Gasteiger partial charge in [0.05, 0.1) is 25.1 Å². The predicted octanol–water partition coefficient (Wildman–Crippen LogP) is 4.79. The zero-order valence-electron chi connectivity index (χ0n) is 26.4. The zero-order valence-corrected chi connectivity index (χ0v) is 26.4. The number of guanidine groups is 1. The molecular formula is C33H46N6O5. The molecule has 238 valence electrons. The summed E-state index contributed by atoms with van der Waals surface area (Å²) in [5, 5.41) is 9.17. The van der Waals surface area contributed by atoms with Crippen LogP contribution in [0.5, 0.6) is 5.75 Å². The molecule has 2 aliphatic heterocycles. The minimum atomic E-state index is -0.627. The number of nitrogens with zero attached hydrogens (tertiary/aromatic N) is 3. The maximum Gasteiger partial charge on any atom is 0.413 e. The Kier molecular flexibility index (Phi) is 11.8. The Morgan fingerprint density at radius 3 is 2.73 bits per heavy atom. The standard InChI is InChI=1S/C33H46N6O5/c1-5-17-38(20-23(3)4)31(41)22-39-21-25-13-15-26(19-28(25)35-32(39)37-33(42)43-6-2)44-18-9-12-30(40)36-29-16-14-24-10-7-8-11-27(24)34-29/h7-8,10-11,13,15,19,23,29,34H,5-6,9,12,14,16-18,20-22H2,1-4H3,(H,36,40)(H,35,37,42). The van der Waals surface area contributed by atoms with E-state index in [1.165, 1.54) is 5.56 Å². The molecule has 44 heavy (non-hydrogen) atoms. The minimum absolute atomic E-state index is 0.0178. The van der Waals surface area contributed by atoms with Gasteiger partial charge in [0.2, 0.25) is 17.8 Å². The molecule has 0 saturated heterocycles. The van der Waals surface area contributed by atoms with Crippen molar-refractivity contribution < 1.29 is 23.9 Å². The summed E-state index contributed by atoms with van der Waals surface area (Å²) in [5.41, 5.74) is 3.90. The summed E-state index contributed by atoms with van der Waals surface area (Å²) in [6.45, 7) is 10.4. The number of aliphatic imine (C=N–C) groups is 1. The maximum absolute atomic E-state index is 13.2. The lowest BCUT2D eigenvalue weighted by atomic mass is 10.0. The molecule has 0 bridgehead atoms. The van der Waals surface area contributed by atoms with E-state index in [2.05, 4.69) is 47.8 Å². The molecule has 0 fully saturated rings. The Morgan fingerprint density at radius 2 is 1.95 bits per heavy atom. The quantitative estimate of drug-likeness (QED) is 0.280. The number of hydrogen-bond acceptors (Lipinski definition) is 8. The fourth-order valence-corrected chi connectivity index (χ4v) is 5.36. The highest BCUT2D eigenvalue weighted by Crippen LogP contribution is 2.30. The second-order valence-corrected chi connectivity index (χ2v) is 11.6. The molecule has 1 unspecified atom stereocenters. The highest BCUT2D eigenvalue weighted by atomic mass is 16.5. The van der Waals surface area contributed by atoms with E-state index < -0.39 is 6.09 Å².